The molecule has 1 aromatic rings. The SMILES string of the molecule is c1nn(CC2CC3CCC2C3)cc1CNC1CC1. The second-order valence-electron chi connectivity index (χ2n) is 6.66. The number of fused-ring (bicyclic) bond motifs is 2. The van der Waals surface area contributed by atoms with Gasteiger partial charge in [0.1, 0.15) is 0 Å². The van der Waals surface area contributed by atoms with Crippen LogP contribution in [0.3, 0.4) is 0 Å². The molecule has 1 heterocycles. The lowest BCUT2D eigenvalue weighted by molar-refractivity contribution is 0.285. The van der Waals surface area contributed by atoms with Crippen molar-refractivity contribution in [1.29, 1.82) is 0 Å². The lowest BCUT2D eigenvalue weighted by Crippen LogP contribution is -2.17. The average Bonchev–Trinajstić information content (AvgIpc) is 2.78. The largest absolute Gasteiger partial charge is 0.310 e. The molecule has 0 aromatic carbocycles. The Kier molecular flexibility index (Phi) is 2.68. The minimum absolute atomic E-state index is 0.791. The van der Waals surface area contributed by atoms with Crippen LogP contribution in [0.1, 0.15) is 44.1 Å². The summed E-state index contributed by atoms with van der Waals surface area (Å²) in [6.07, 6.45) is 13.0. The Balaban J connectivity index is 1.33. The van der Waals surface area contributed by atoms with E-state index in [-0.39, 0.29) is 0 Å². The molecule has 2 bridgehead atoms. The van der Waals surface area contributed by atoms with E-state index in [0.717, 1.165) is 36.9 Å². The first-order valence-electron chi connectivity index (χ1n) is 7.61. The number of hydrogen-bond donors (Lipinski definition) is 1. The van der Waals surface area contributed by atoms with Gasteiger partial charge in [0, 0.05) is 30.9 Å². The maximum absolute atomic E-state index is 4.54. The van der Waals surface area contributed by atoms with Crippen LogP contribution in [0, 0.1) is 17.8 Å². The van der Waals surface area contributed by atoms with E-state index in [2.05, 4.69) is 21.3 Å². The Hall–Kier alpha value is -0.830. The van der Waals surface area contributed by atoms with E-state index in [1.165, 1.54) is 44.1 Å². The van der Waals surface area contributed by atoms with Gasteiger partial charge in [-0.2, -0.15) is 5.10 Å². The Morgan fingerprint density at radius 1 is 1.22 bits per heavy atom. The molecule has 98 valence electrons. The summed E-state index contributed by atoms with van der Waals surface area (Å²) in [7, 11) is 0. The maximum Gasteiger partial charge on any atom is 0.0534 e. The van der Waals surface area contributed by atoms with E-state index >= 15 is 0 Å². The molecule has 1 aromatic heterocycles. The number of nitrogens with zero attached hydrogens (tertiary/aromatic N) is 2. The van der Waals surface area contributed by atoms with E-state index in [4.69, 9.17) is 0 Å². The smallest absolute Gasteiger partial charge is 0.0534 e. The standard InChI is InChI=1S/C15H23N3/c1-2-13-5-11(1)6-14(13)10-18-9-12(8-17-18)7-16-15-3-4-15/h8-9,11,13-16H,1-7,10H2. The normalized spacial score (nSPS) is 34.3. The molecule has 0 spiro atoms. The Labute approximate surface area is 109 Å². The van der Waals surface area contributed by atoms with Crippen molar-refractivity contribution >= 4 is 0 Å². The molecule has 3 saturated carbocycles. The van der Waals surface area contributed by atoms with Crippen LogP contribution in [0.4, 0.5) is 0 Å². The zero-order chi connectivity index (χ0) is 11.9. The van der Waals surface area contributed by atoms with Crippen molar-refractivity contribution in [2.45, 2.75) is 57.7 Å². The van der Waals surface area contributed by atoms with Gasteiger partial charge in [-0.1, -0.05) is 6.42 Å². The van der Waals surface area contributed by atoms with E-state index in [1.807, 2.05) is 6.20 Å². The molecular weight excluding hydrogens is 222 g/mol. The van der Waals surface area contributed by atoms with E-state index in [9.17, 15) is 0 Å². The van der Waals surface area contributed by atoms with Crippen LogP contribution < -0.4 is 5.32 Å². The van der Waals surface area contributed by atoms with Crippen molar-refractivity contribution in [3.8, 4) is 0 Å². The summed E-state index contributed by atoms with van der Waals surface area (Å²) in [6.45, 7) is 2.16. The molecule has 3 unspecified atom stereocenters. The monoisotopic (exact) mass is 245 g/mol. The molecule has 1 N–H and O–H groups in total. The van der Waals surface area contributed by atoms with Gasteiger partial charge in [0.25, 0.3) is 0 Å². The average molecular weight is 245 g/mol. The van der Waals surface area contributed by atoms with Gasteiger partial charge in [-0.3, -0.25) is 4.68 Å². The zero-order valence-electron chi connectivity index (χ0n) is 11.0. The number of hydrogen-bond acceptors (Lipinski definition) is 2. The second-order valence-corrected chi connectivity index (χ2v) is 6.66. The number of nitrogens with one attached hydrogen (secondary N) is 1. The van der Waals surface area contributed by atoms with Gasteiger partial charge in [-0.05, 0) is 49.9 Å². The number of rotatable bonds is 5. The van der Waals surface area contributed by atoms with Crippen molar-refractivity contribution < 1.29 is 0 Å². The van der Waals surface area contributed by atoms with E-state index < -0.39 is 0 Å². The minimum atomic E-state index is 0.791. The lowest BCUT2D eigenvalue weighted by atomic mass is 9.89. The molecule has 0 aliphatic heterocycles. The van der Waals surface area contributed by atoms with Gasteiger partial charge in [-0.15, -0.1) is 0 Å². The van der Waals surface area contributed by atoms with Gasteiger partial charge in [0.15, 0.2) is 0 Å². The van der Waals surface area contributed by atoms with Crippen molar-refractivity contribution in [3.63, 3.8) is 0 Å². The summed E-state index contributed by atoms with van der Waals surface area (Å²) >= 11 is 0. The van der Waals surface area contributed by atoms with Crippen LogP contribution in [-0.2, 0) is 13.1 Å². The third-order valence-corrected chi connectivity index (χ3v) is 5.17. The maximum atomic E-state index is 4.54. The quantitative estimate of drug-likeness (QED) is 0.864. The summed E-state index contributed by atoms with van der Waals surface area (Å²) in [5, 5.41) is 8.09. The molecule has 3 heteroatoms. The fourth-order valence-corrected chi connectivity index (χ4v) is 3.99. The molecule has 4 rings (SSSR count). The fourth-order valence-electron chi connectivity index (χ4n) is 3.99. The fraction of sp³-hybridized carbons (Fsp3) is 0.800. The molecule has 0 radical (unpaired) electrons. The molecule has 18 heavy (non-hydrogen) atoms. The zero-order valence-corrected chi connectivity index (χ0v) is 11.0. The highest BCUT2D eigenvalue weighted by Crippen LogP contribution is 2.48. The predicted molar refractivity (Wildman–Crippen MR) is 71.0 cm³/mol. The summed E-state index contributed by atoms with van der Waals surface area (Å²) < 4.78 is 2.19. The van der Waals surface area contributed by atoms with Crippen LogP contribution >= 0.6 is 0 Å². The Morgan fingerprint density at radius 2 is 2.17 bits per heavy atom. The molecule has 3 aliphatic carbocycles. The molecule has 3 nitrogen and oxygen atoms in total. The highest BCUT2D eigenvalue weighted by atomic mass is 15.3. The molecule has 3 aliphatic rings. The van der Waals surface area contributed by atoms with E-state index in [0.29, 0.717) is 0 Å². The van der Waals surface area contributed by atoms with Gasteiger partial charge >= 0.3 is 0 Å². The summed E-state index contributed by atoms with van der Waals surface area (Å²) in [5.41, 5.74) is 1.35. The van der Waals surface area contributed by atoms with Gasteiger partial charge in [0.05, 0.1) is 6.20 Å². The van der Waals surface area contributed by atoms with Crippen molar-refractivity contribution in [2.24, 2.45) is 17.8 Å². The Morgan fingerprint density at radius 3 is 2.89 bits per heavy atom. The van der Waals surface area contributed by atoms with Crippen LogP contribution in [0.25, 0.3) is 0 Å². The first kappa shape index (κ1) is 11.0. The summed E-state index contributed by atoms with van der Waals surface area (Å²) in [5.74, 6) is 2.96. The van der Waals surface area contributed by atoms with Crippen molar-refractivity contribution in [1.82, 2.24) is 15.1 Å². The van der Waals surface area contributed by atoms with Crippen LogP contribution in [0.5, 0.6) is 0 Å². The lowest BCUT2D eigenvalue weighted by Gasteiger charge is -2.21. The molecule has 3 fully saturated rings. The third-order valence-electron chi connectivity index (χ3n) is 5.17. The number of aromatic nitrogens is 2. The summed E-state index contributed by atoms with van der Waals surface area (Å²) in [4.78, 5) is 0. The first-order valence-corrected chi connectivity index (χ1v) is 7.61. The van der Waals surface area contributed by atoms with Crippen molar-refractivity contribution in [2.75, 3.05) is 0 Å². The highest BCUT2D eigenvalue weighted by Gasteiger charge is 2.39. The van der Waals surface area contributed by atoms with Gasteiger partial charge in [0.2, 0.25) is 0 Å². The van der Waals surface area contributed by atoms with Crippen LogP contribution in [0.15, 0.2) is 12.4 Å². The minimum Gasteiger partial charge on any atom is -0.310 e. The van der Waals surface area contributed by atoms with Crippen molar-refractivity contribution in [3.05, 3.63) is 18.0 Å². The van der Waals surface area contributed by atoms with Crippen LogP contribution in [-0.4, -0.2) is 15.8 Å². The second kappa shape index (κ2) is 4.37. The summed E-state index contributed by atoms with van der Waals surface area (Å²) in [6, 6.07) is 0.791. The third kappa shape index (κ3) is 2.20. The van der Waals surface area contributed by atoms with Crippen LogP contribution in [0.2, 0.25) is 0 Å². The van der Waals surface area contributed by atoms with Gasteiger partial charge < -0.3 is 5.32 Å². The Bertz CT molecular complexity index is 421. The van der Waals surface area contributed by atoms with Gasteiger partial charge in [-0.25, -0.2) is 0 Å². The molecule has 0 amide bonds. The molecule has 3 atom stereocenters. The topological polar surface area (TPSA) is 29.9 Å². The highest BCUT2D eigenvalue weighted by molar-refractivity contribution is 5.04. The van der Waals surface area contributed by atoms with E-state index in [1.54, 1.807) is 0 Å². The molecular formula is C15H23N3. The first-order chi connectivity index (χ1) is 8.87. The molecule has 0 saturated heterocycles. The predicted octanol–water partition coefficient (Wildman–Crippen LogP) is 2.57.